The molecule has 1 heterocycles. The van der Waals surface area contributed by atoms with E-state index in [1.807, 2.05) is 24.7 Å². The van der Waals surface area contributed by atoms with Crippen LogP contribution in [0.4, 0.5) is 0 Å². The summed E-state index contributed by atoms with van der Waals surface area (Å²) in [5.74, 6) is -0.0700. The third-order valence-electron chi connectivity index (χ3n) is 2.79. The first-order valence-electron chi connectivity index (χ1n) is 6.05. The van der Waals surface area contributed by atoms with E-state index in [-0.39, 0.29) is 0 Å². The maximum atomic E-state index is 10.8. The Morgan fingerprint density at radius 1 is 1.37 bits per heavy atom. The van der Waals surface area contributed by atoms with Gasteiger partial charge >= 0.3 is 5.97 Å². The molecule has 0 fully saturated rings. The number of carbonyl (C=O) groups is 1. The number of thioether (sulfide) groups is 1. The Kier molecular flexibility index (Phi) is 4.27. The molecule has 0 unspecified atom stereocenters. The highest BCUT2D eigenvalue weighted by molar-refractivity contribution is 7.98. The first-order chi connectivity index (χ1) is 9.08. The van der Waals surface area contributed by atoms with Crippen LogP contribution in [0.2, 0.25) is 0 Å². The average Bonchev–Trinajstić information content (AvgIpc) is 2.85. The number of hydrogen-bond donors (Lipinski definition) is 1. The van der Waals surface area contributed by atoms with Crippen LogP contribution in [0.15, 0.2) is 41.7 Å². The number of rotatable bonds is 5. The normalized spacial score (nSPS) is 10.9. The van der Waals surface area contributed by atoms with Gasteiger partial charge in [0.1, 0.15) is 0 Å². The molecule has 0 aliphatic carbocycles. The summed E-state index contributed by atoms with van der Waals surface area (Å²) in [5.41, 5.74) is 1.49. The third kappa shape index (κ3) is 3.38. The topological polar surface area (TPSA) is 55.1 Å². The molecule has 0 aliphatic rings. The van der Waals surface area contributed by atoms with Gasteiger partial charge < -0.3 is 9.67 Å². The Morgan fingerprint density at radius 3 is 2.63 bits per heavy atom. The zero-order valence-corrected chi connectivity index (χ0v) is 11.7. The molecule has 4 nitrogen and oxygen atoms in total. The molecular weight excluding hydrogens is 260 g/mol. The van der Waals surface area contributed by atoms with Crippen molar-refractivity contribution in [3.63, 3.8) is 0 Å². The number of aromatic nitrogens is 2. The fourth-order valence-corrected chi connectivity index (χ4v) is 2.63. The van der Waals surface area contributed by atoms with Crippen LogP contribution in [0.25, 0.3) is 0 Å². The van der Waals surface area contributed by atoms with Crippen molar-refractivity contribution >= 4 is 17.7 Å². The standard InChI is InChI=1S/C14H16N2O2S/c1-10(2)16-9-15-7-12(16)8-19-13-5-3-11(4-6-13)14(17)18/h3-7,9-10H,8H2,1-2H3,(H,17,18). The fraction of sp³-hybridized carbons (Fsp3) is 0.286. The lowest BCUT2D eigenvalue weighted by Crippen LogP contribution is -2.02. The molecule has 100 valence electrons. The van der Waals surface area contributed by atoms with Crippen LogP contribution in [0.1, 0.15) is 35.9 Å². The van der Waals surface area contributed by atoms with E-state index < -0.39 is 5.97 Å². The van der Waals surface area contributed by atoms with Crippen LogP contribution in [-0.4, -0.2) is 20.6 Å². The minimum absolute atomic E-state index is 0.316. The number of hydrogen-bond acceptors (Lipinski definition) is 3. The molecule has 1 N–H and O–H groups in total. The van der Waals surface area contributed by atoms with Crippen molar-refractivity contribution in [2.75, 3.05) is 0 Å². The van der Waals surface area contributed by atoms with E-state index >= 15 is 0 Å². The van der Waals surface area contributed by atoms with Crippen molar-refractivity contribution in [3.8, 4) is 0 Å². The fourth-order valence-electron chi connectivity index (χ4n) is 1.76. The molecular formula is C14H16N2O2S. The van der Waals surface area contributed by atoms with Crippen molar-refractivity contribution < 1.29 is 9.90 Å². The van der Waals surface area contributed by atoms with Gasteiger partial charge in [-0.2, -0.15) is 0 Å². The van der Waals surface area contributed by atoms with E-state index in [4.69, 9.17) is 5.11 Å². The van der Waals surface area contributed by atoms with E-state index in [9.17, 15) is 4.79 Å². The van der Waals surface area contributed by atoms with Crippen molar-refractivity contribution in [3.05, 3.63) is 48.0 Å². The van der Waals surface area contributed by atoms with Gasteiger partial charge in [-0.3, -0.25) is 0 Å². The predicted molar refractivity (Wildman–Crippen MR) is 75.6 cm³/mol. The molecule has 1 aromatic carbocycles. The molecule has 5 heteroatoms. The molecule has 0 radical (unpaired) electrons. The summed E-state index contributed by atoms with van der Waals surface area (Å²) in [6.45, 7) is 4.25. The smallest absolute Gasteiger partial charge is 0.335 e. The van der Waals surface area contributed by atoms with Crippen LogP contribution in [-0.2, 0) is 5.75 Å². The first kappa shape index (κ1) is 13.7. The number of carboxylic acid groups (broad SMARTS) is 1. The van der Waals surface area contributed by atoms with Gasteiger partial charge in [-0.25, -0.2) is 9.78 Å². The lowest BCUT2D eigenvalue weighted by atomic mass is 10.2. The Balaban J connectivity index is 2.02. The Morgan fingerprint density at radius 2 is 2.05 bits per heavy atom. The highest BCUT2D eigenvalue weighted by atomic mass is 32.2. The van der Waals surface area contributed by atoms with Gasteiger partial charge in [-0.1, -0.05) is 0 Å². The number of imidazole rings is 1. The minimum Gasteiger partial charge on any atom is -0.478 e. The van der Waals surface area contributed by atoms with Gasteiger partial charge in [-0.15, -0.1) is 11.8 Å². The molecule has 2 aromatic rings. The first-order valence-corrected chi connectivity index (χ1v) is 7.03. The molecule has 0 spiro atoms. The van der Waals surface area contributed by atoms with Gasteiger partial charge in [0.15, 0.2) is 0 Å². The molecule has 2 rings (SSSR count). The Bertz CT molecular complexity index is 561. The van der Waals surface area contributed by atoms with Crippen molar-refractivity contribution in [2.45, 2.75) is 30.5 Å². The number of benzene rings is 1. The van der Waals surface area contributed by atoms with E-state index in [1.165, 1.54) is 5.69 Å². The van der Waals surface area contributed by atoms with E-state index in [0.29, 0.717) is 11.6 Å². The van der Waals surface area contributed by atoms with E-state index in [0.717, 1.165) is 10.6 Å². The summed E-state index contributed by atoms with van der Waals surface area (Å²) in [6.07, 6.45) is 3.71. The Hall–Kier alpha value is -1.75. The van der Waals surface area contributed by atoms with Gasteiger partial charge in [-0.05, 0) is 38.1 Å². The van der Waals surface area contributed by atoms with Crippen LogP contribution >= 0.6 is 11.8 Å². The third-order valence-corrected chi connectivity index (χ3v) is 3.84. The van der Waals surface area contributed by atoms with Crippen LogP contribution in [0.5, 0.6) is 0 Å². The molecule has 0 saturated heterocycles. The van der Waals surface area contributed by atoms with Gasteiger partial charge in [0.25, 0.3) is 0 Å². The summed E-state index contributed by atoms with van der Waals surface area (Å²) >= 11 is 1.68. The predicted octanol–water partition coefficient (Wildman–Crippen LogP) is 3.45. The quantitative estimate of drug-likeness (QED) is 0.850. The second-order valence-corrected chi connectivity index (χ2v) is 5.55. The van der Waals surface area contributed by atoms with Gasteiger partial charge in [0, 0.05) is 28.6 Å². The van der Waals surface area contributed by atoms with Crippen molar-refractivity contribution in [2.24, 2.45) is 0 Å². The van der Waals surface area contributed by atoms with E-state index in [1.54, 1.807) is 23.9 Å². The maximum Gasteiger partial charge on any atom is 0.335 e. The molecule has 0 bridgehead atoms. The van der Waals surface area contributed by atoms with Crippen molar-refractivity contribution in [1.82, 2.24) is 9.55 Å². The lowest BCUT2D eigenvalue weighted by Gasteiger charge is -2.11. The van der Waals surface area contributed by atoms with Crippen LogP contribution in [0, 0.1) is 0 Å². The van der Waals surface area contributed by atoms with E-state index in [2.05, 4.69) is 23.4 Å². The SMILES string of the molecule is CC(C)n1cncc1CSc1ccc(C(=O)O)cc1. The molecule has 19 heavy (non-hydrogen) atoms. The number of carboxylic acids is 1. The minimum atomic E-state index is -0.894. The van der Waals surface area contributed by atoms with Gasteiger partial charge in [0.05, 0.1) is 11.9 Å². The summed E-state index contributed by atoms with van der Waals surface area (Å²) in [4.78, 5) is 16.0. The molecule has 0 atom stereocenters. The number of nitrogens with zero attached hydrogens (tertiary/aromatic N) is 2. The van der Waals surface area contributed by atoms with Crippen LogP contribution in [0.3, 0.4) is 0 Å². The van der Waals surface area contributed by atoms with Gasteiger partial charge in [0.2, 0.25) is 0 Å². The summed E-state index contributed by atoms with van der Waals surface area (Å²) in [5, 5.41) is 8.83. The highest BCUT2D eigenvalue weighted by Crippen LogP contribution is 2.24. The zero-order valence-electron chi connectivity index (χ0n) is 10.9. The molecule has 0 amide bonds. The Labute approximate surface area is 116 Å². The van der Waals surface area contributed by atoms with Crippen molar-refractivity contribution in [1.29, 1.82) is 0 Å². The number of aromatic carboxylic acids is 1. The van der Waals surface area contributed by atoms with Crippen LogP contribution < -0.4 is 0 Å². The maximum absolute atomic E-state index is 10.8. The second-order valence-electron chi connectivity index (χ2n) is 4.50. The summed E-state index contributed by atoms with van der Waals surface area (Å²) in [7, 11) is 0. The average molecular weight is 276 g/mol. The molecule has 1 aromatic heterocycles. The second kappa shape index (κ2) is 5.93. The summed E-state index contributed by atoms with van der Waals surface area (Å²) < 4.78 is 2.14. The summed E-state index contributed by atoms with van der Waals surface area (Å²) in [6, 6.07) is 7.33. The lowest BCUT2D eigenvalue weighted by molar-refractivity contribution is 0.0697. The monoisotopic (exact) mass is 276 g/mol. The largest absolute Gasteiger partial charge is 0.478 e. The zero-order chi connectivity index (χ0) is 13.8. The molecule has 0 aliphatic heterocycles. The highest BCUT2D eigenvalue weighted by Gasteiger charge is 2.06. The molecule has 0 saturated carbocycles.